The summed E-state index contributed by atoms with van der Waals surface area (Å²) in [6.07, 6.45) is -0.206. The first kappa shape index (κ1) is 18.3. The van der Waals surface area contributed by atoms with Crippen molar-refractivity contribution in [3.05, 3.63) is 33.8 Å². The number of amides is 1. The van der Waals surface area contributed by atoms with Gasteiger partial charge >= 0.3 is 6.09 Å². The Morgan fingerprint density at radius 2 is 2.00 bits per heavy atom. The highest BCUT2D eigenvalue weighted by molar-refractivity contribution is 9.10. The van der Waals surface area contributed by atoms with Crippen molar-refractivity contribution in [3.8, 4) is 0 Å². The van der Waals surface area contributed by atoms with Crippen LogP contribution in [0.3, 0.4) is 0 Å². The van der Waals surface area contributed by atoms with Crippen molar-refractivity contribution in [1.82, 2.24) is 9.80 Å². The minimum absolute atomic E-state index is 0.159. The Labute approximate surface area is 147 Å². The lowest BCUT2D eigenvalue weighted by molar-refractivity contribution is 0.000562. The SMILES string of the molecule is Cc1cc(Br)cc(CN2CCN(C(=O)OC(C)(C)C)[C@H](C)C2)c1. The summed E-state index contributed by atoms with van der Waals surface area (Å²) >= 11 is 3.56. The number of ether oxygens (including phenoxy) is 1. The quantitative estimate of drug-likeness (QED) is 0.768. The van der Waals surface area contributed by atoms with E-state index in [4.69, 9.17) is 4.74 Å². The molecule has 0 N–H and O–H groups in total. The Morgan fingerprint density at radius 3 is 2.57 bits per heavy atom. The van der Waals surface area contributed by atoms with Gasteiger partial charge in [0.25, 0.3) is 0 Å². The van der Waals surface area contributed by atoms with E-state index in [1.165, 1.54) is 11.1 Å². The fraction of sp³-hybridized carbons (Fsp3) is 0.611. The average Bonchev–Trinajstić information content (AvgIpc) is 2.34. The average molecular weight is 383 g/mol. The van der Waals surface area contributed by atoms with Crippen LogP contribution in [-0.2, 0) is 11.3 Å². The number of hydrogen-bond donors (Lipinski definition) is 0. The van der Waals surface area contributed by atoms with Crippen LogP contribution in [-0.4, -0.2) is 47.2 Å². The molecule has 0 aromatic heterocycles. The lowest BCUT2D eigenvalue weighted by Crippen LogP contribution is -2.54. The molecule has 0 unspecified atom stereocenters. The normalized spacial score (nSPS) is 19.7. The van der Waals surface area contributed by atoms with Crippen LogP contribution < -0.4 is 0 Å². The zero-order chi connectivity index (χ0) is 17.2. The lowest BCUT2D eigenvalue weighted by Gasteiger charge is -2.40. The molecule has 1 amide bonds. The van der Waals surface area contributed by atoms with Crippen molar-refractivity contribution < 1.29 is 9.53 Å². The molecule has 2 rings (SSSR count). The van der Waals surface area contributed by atoms with E-state index in [1.54, 1.807) is 0 Å². The summed E-state index contributed by atoms with van der Waals surface area (Å²) in [5, 5.41) is 0. The fourth-order valence-corrected chi connectivity index (χ4v) is 3.59. The number of nitrogens with zero attached hydrogens (tertiary/aromatic N) is 2. The van der Waals surface area contributed by atoms with E-state index in [0.717, 1.165) is 24.1 Å². The molecule has 1 heterocycles. The van der Waals surface area contributed by atoms with Crippen LogP contribution in [0.2, 0.25) is 0 Å². The van der Waals surface area contributed by atoms with Crippen LogP contribution in [0.15, 0.2) is 22.7 Å². The van der Waals surface area contributed by atoms with Gasteiger partial charge in [-0.05, 0) is 57.9 Å². The highest BCUT2D eigenvalue weighted by Crippen LogP contribution is 2.20. The predicted octanol–water partition coefficient (Wildman–Crippen LogP) is 4.20. The highest BCUT2D eigenvalue weighted by Gasteiger charge is 2.30. The van der Waals surface area contributed by atoms with Crippen molar-refractivity contribution in [2.75, 3.05) is 19.6 Å². The van der Waals surface area contributed by atoms with Crippen molar-refractivity contribution in [1.29, 1.82) is 0 Å². The number of carbonyl (C=O) groups excluding carboxylic acids is 1. The molecule has 1 atom stereocenters. The molecule has 23 heavy (non-hydrogen) atoms. The molecule has 0 aliphatic carbocycles. The van der Waals surface area contributed by atoms with Gasteiger partial charge in [0, 0.05) is 36.7 Å². The Morgan fingerprint density at radius 1 is 1.30 bits per heavy atom. The molecule has 0 spiro atoms. The summed E-state index contributed by atoms with van der Waals surface area (Å²) in [5.41, 5.74) is 2.12. The highest BCUT2D eigenvalue weighted by atomic mass is 79.9. The van der Waals surface area contributed by atoms with E-state index < -0.39 is 5.60 Å². The van der Waals surface area contributed by atoms with Gasteiger partial charge < -0.3 is 9.64 Å². The molecule has 5 heteroatoms. The molecule has 0 radical (unpaired) electrons. The second-order valence-corrected chi connectivity index (χ2v) is 8.31. The number of halogens is 1. The van der Waals surface area contributed by atoms with E-state index in [9.17, 15) is 4.79 Å². The van der Waals surface area contributed by atoms with Crippen LogP contribution in [0.1, 0.15) is 38.8 Å². The van der Waals surface area contributed by atoms with E-state index in [1.807, 2.05) is 25.7 Å². The number of benzene rings is 1. The molecule has 1 fully saturated rings. The van der Waals surface area contributed by atoms with Gasteiger partial charge in [0.1, 0.15) is 5.60 Å². The van der Waals surface area contributed by atoms with Crippen molar-refractivity contribution in [3.63, 3.8) is 0 Å². The molecule has 128 valence electrons. The Bertz CT molecular complexity index is 548. The van der Waals surface area contributed by atoms with Crippen LogP contribution in [0, 0.1) is 6.92 Å². The largest absolute Gasteiger partial charge is 0.444 e. The van der Waals surface area contributed by atoms with Gasteiger partial charge in [-0.3, -0.25) is 4.90 Å². The summed E-state index contributed by atoms with van der Waals surface area (Å²) in [6, 6.07) is 6.66. The molecule has 0 saturated carbocycles. The van der Waals surface area contributed by atoms with Gasteiger partial charge in [-0.15, -0.1) is 0 Å². The third-order valence-electron chi connectivity index (χ3n) is 3.85. The minimum atomic E-state index is -0.443. The summed E-state index contributed by atoms with van der Waals surface area (Å²) in [5.74, 6) is 0. The van der Waals surface area contributed by atoms with Gasteiger partial charge in [0.15, 0.2) is 0 Å². The molecule has 1 aromatic carbocycles. The number of carbonyl (C=O) groups is 1. The molecule has 1 aliphatic heterocycles. The molecule has 1 aromatic rings. The summed E-state index contributed by atoms with van der Waals surface area (Å²) in [6.45, 7) is 13.3. The lowest BCUT2D eigenvalue weighted by atomic mass is 10.1. The van der Waals surface area contributed by atoms with E-state index in [-0.39, 0.29) is 12.1 Å². The zero-order valence-electron chi connectivity index (χ0n) is 14.7. The maximum Gasteiger partial charge on any atom is 0.410 e. The summed E-state index contributed by atoms with van der Waals surface area (Å²) in [7, 11) is 0. The summed E-state index contributed by atoms with van der Waals surface area (Å²) in [4.78, 5) is 16.5. The molecule has 1 aliphatic rings. The smallest absolute Gasteiger partial charge is 0.410 e. The predicted molar refractivity (Wildman–Crippen MR) is 96.6 cm³/mol. The van der Waals surface area contributed by atoms with Gasteiger partial charge in [-0.1, -0.05) is 22.0 Å². The van der Waals surface area contributed by atoms with Crippen LogP contribution in [0.5, 0.6) is 0 Å². The van der Waals surface area contributed by atoms with Gasteiger partial charge in [-0.25, -0.2) is 4.79 Å². The second kappa shape index (κ2) is 7.22. The molecule has 0 bridgehead atoms. The van der Waals surface area contributed by atoms with Crippen molar-refractivity contribution >= 4 is 22.0 Å². The number of rotatable bonds is 2. The maximum absolute atomic E-state index is 12.3. The molecule has 1 saturated heterocycles. The first-order valence-corrected chi connectivity index (χ1v) is 8.91. The molecular weight excluding hydrogens is 356 g/mol. The topological polar surface area (TPSA) is 32.8 Å². The van der Waals surface area contributed by atoms with Crippen LogP contribution >= 0.6 is 15.9 Å². The zero-order valence-corrected chi connectivity index (χ0v) is 16.3. The Hall–Kier alpha value is -1.07. The monoisotopic (exact) mass is 382 g/mol. The fourth-order valence-electron chi connectivity index (χ4n) is 2.93. The van der Waals surface area contributed by atoms with Gasteiger partial charge in [0.2, 0.25) is 0 Å². The van der Waals surface area contributed by atoms with E-state index in [0.29, 0.717) is 6.54 Å². The first-order valence-electron chi connectivity index (χ1n) is 8.12. The molecular formula is C18H27BrN2O2. The van der Waals surface area contributed by atoms with E-state index in [2.05, 4.69) is 52.9 Å². The second-order valence-electron chi connectivity index (χ2n) is 7.39. The van der Waals surface area contributed by atoms with Gasteiger partial charge in [0.05, 0.1) is 0 Å². The number of hydrogen-bond acceptors (Lipinski definition) is 3. The maximum atomic E-state index is 12.3. The molecule has 4 nitrogen and oxygen atoms in total. The standard InChI is InChI=1S/C18H27BrN2O2/c1-13-8-15(10-16(19)9-13)12-20-6-7-21(14(2)11-20)17(22)23-18(3,4)5/h8-10,14H,6-7,11-12H2,1-5H3/t14-/m1/s1. The third kappa shape index (κ3) is 5.50. The van der Waals surface area contributed by atoms with Crippen molar-refractivity contribution in [2.24, 2.45) is 0 Å². The van der Waals surface area contributed by atoms with Crippen molar-refractivity contribution in [2.45, 2.75) is 52.8 Å². The Balaban J connectivity index is 1.94. The van der Waals surface area contributed by atoms with Crippen LogP contribution in [0.4, 0.5) is 4.79 Å². The van der Waals surface area contributed by atoms with Gasteiger partial charge in [-0.2, -0.15) is 0 Å². The third-order valence-corrected chi connectivity index (χ3v) is 4.31. The summed E-state index contributed by atoms with van der Waals surface area (Å²) < 4.78 is 6.61. The number of aryl methyl sites for hydroxylation is 1. The van der Waals surface area contributed by atoms with Crippen LogP contribution in [0.25, 0.3) is 0 Å². The van der Waals surface area contributed by atoms with E-state index >= 15 is 0 Å². The first-order chi connectivity index (χ1) is 10.6. The minimum Gasteiger partial charge on any atom is -0.444 e. The Kier molecular flexibility index (Phi) is 5.74. The number of piperazine rings is 1.